The van der Waals surface area contributed by atoms with E-state index < -0.39 is 0 Å². The lowest BCUT2D eigenvalue weighted by molar-refractivity contribution is 0.241. The highest BCUT2D eigenvalue weighted by molar-refractivity contribution is 6.32. The number of benzene rings is 1. The van der Waals surface area contributed by atoms with Gasteiger partial charge in [0.1, 0.15) is 0 Å². The fourth-order valence-corrected chi connectivity index (χ4v) is 3.47. The van der Waals surface area contributed by atoms with Crippen molar-refractivity contribution in [1.29, 1.82) is 0 Å². The lowest BCUT2D eigenvalue weighted by Gasteiger charge is -2.24. The van der Waals surface area contributed by atoms with Gasteiger partial charge in [-0.05, 0) is 44.1 Å². The number of likely N-dealkylation sites (tertiary alicyclic amines) is 1. The largest absolute Gasteiger partial charge is 0.489 e. The zero-order valence-corrected chi connectivity index (χ0v) is 13.3. The van der Waals surface area contributed by atoms with E-state index in [9.17, 15) is 0 Å². The summed E-state index contributed by atoms with van der Waals surface area (Å²) in [6, 6.07) is 4.72. The molecule has 0 bridgehead atoms. The summed E-state index contributed by atoms with van der Waals surface area (Å²) < 4.78 is 11.5. The normalized spacial score (nSPS) is 22.3. The van der Waals surface area contributed by atoms with Crippen molar-refractivity contribution in [3.8, 4) is 11.5 Å². The molecule has 1 fully saturated rings. The molecule has 1 atom stereocenters. The number of halogens is 1. The van der Waals surface area contributed by atoms with E-state index in [2.05, 4.69) is 16.3 Å². The summed E-state index contributed by atoms with van der Waals surface area (Å²) in [6.45, 7) is 4.47. The molecular formula is C16H23ClN2O2. The molecule has 1 aromatic carbocycles. The minimum atomic E-state index is 0.616. The maximum absolute atomic E-state index is 6.37. The van der Waals surface area contributed by atoms with Crippen LogP contribution in [0.4, 0.5) is 0 Å². The number of fused-ring (bicyclic) bond motifs is 1. The summed E-state index contributed by atoms with van der Waals surface area (Å²) in [5, 5.41) is 3.94. The minimum absolute atomic E-state index is 0.616. The molecule has 2 aliphatic rings. The predicted octanol–water partition coefficient (Wildman–Crippen LogP) is 2.69. The second kappa shape index (κ2) is 6.86. The molecule has 3 rings (SSSR count). The first-order valence-electron chi connectivity index (χ1n) is 7.74. The molecular weight excluding hydrogens is 288 g/mol. The molecule has 21 heavy (non-hydrogen) atoms. The van der Waals surface area contributed by atoms with Crippen molar-refractivity contribution in [2.24, 2.45) is 0 Å². The third kappa shape index (κ3) is 3.44. The van der Waals surface area contributed by atoms with Gasteiger partial charge >= 0.3 is 0 Å². The second-order valence-corrected chi connectivity index (χ2v) is 6.19. The molecule has 2 heterocycles. The molecule has 1 aromatic rings. The Kier molecular flexibility index (Phi) is 4.88. The summed E-state index contributed by atoms with van der Waals surface area (Å²) in [4.78, 5) is 2.52. The van der Waals surface area contributed by atoms with Crippen LogP contribution in [0.1, 0.15) is 24.8 Å². The zero-order valence-electron chi connectivity index (χ0n) is 12.5. The molecule has 0 saturated carbocycles. The van der Waals surface area contributed by atoms with Gasteiger partial charge in [0.05, 0.1) is 18.2 Å². The van der Waals surface area contributed by atoms with Gasteiger partial charge in [0.2, 0.25) is 0 Å². The summed E-state index contributed by atoms with van der Waals surface area (Å²) >= 11 is 6.37. The van der Waals surface area contributed by atoms with Crippen molar-refractivity contribution in [2.75, 3.05) is 33.4 Å². The van der Waals surface area contributed by atoms with Crippen molar-refractivity contribution >= 4 is 11.6 Å². The number of likely N-dealkylation sites (N-methyl/N-ethyl adjacent to an activating group) is 1. The third-order valence-corrected chi connectivity index (χ3v) is 4.47. The Morgan fingerprint density at radius 2 is 2.14 bits per heavy atom. The number of nitrogens with zero attached hydrogens (tertiary/aromatic N) is 1. The Labute approximate surface area is 131 Å². The molecule has 5 heteroatoms. The molecule has 0 spiro atoms. The van der Waals surface area contributed by atoms with Crippen LogP contribution in [0.5, 0.6) is 11.5 Å². The van der Waals surface area contributed by atoms with Crippen LogP contribution >= 0.6 is 11.6 Å². The van der Waals surface area contributed by atoms with Crippen molar-refractivity contribution in [1.82, 2.24) is 10.2 Å². The van der Waals surface area contributed by atoms with Crippen LogP contribution in [0.25, 0.3) is 0 Å². The fourth-order valence-electron chi connectivity index (χ4n) is 3.18. The van der Waals surface area contributed by atoms with E-state index in [0.717, 1.165) is 31.8 Å². The van der Waals surface area contributed by atoms with Gasteiger partial charge in [-0.2, -0.15) is 0 Å². The highest BCUT2D eigenvalue weighted by atomic mass is 35.5. The average molecular weight is 311 g/mol. The maximum atomic E-state index is 6.37. The highest BCUT2D eigenvalue weighted by Crippen LogP contribution is 2.38. The molecule has 0 aromatic heterocycles. The van der Waals surface area contributed by atoms with E-state index >= 15 is 0 Å². The smallest absolute Gasteiger partial charge is 0.179 e. The molecule has 1 saturated heterocycles. The summed E-state index contributed by atoms with van der Waals surface area (Å²) in [7, 11) is 2.01. The average Bonchev–Trinajstić information content (AvgIpc) is 2.74. The van der Waals surface area contributed by atoms with Crippen LogP contribution in [0, 0.1) is 0 Å². The lowest BCUT2D eigenvalue weighted by Crippen LogP contribution is -2.36. The fraction of sp³-hybridized carbons (Fsp3) is 0.625. The summed E-state index contributed by atoms with van der Waals surface area (Å²) in [6.07, 6.45) is 3.43. The van der Waals surface area contributed by atoms with Crippen LogP contribution in [-0.4, -0.2) is 44.3 Å². The molecule has 0 amide bonds. The Balaban J connectivity index is 1.76. The lowest BCUT2D eigenvalue weighted by atomic mass is 10.1. The van der Waals surface area contributed by atoms with Gasteiger partial charge < -0.3 is 14.8 Å². The van der Waals surface area contributed by atoms with Gasteiger partial charge in [-0.3, -0.25) is 4.90 Å². The van der Waals surface area contributed by atoms with E-state index in [1.54, 1.807) is 0 Å². The monoisotopic (exact) mass is 310 g/mol. The molecule has 4 nitrogen and oxygen atoms in total. The van der Waals surface area contributed by atoms with E-state index in [1.807, 2.05) is 13.1 Å². The molecule has 0 radical (unpaired) electrons. The first-order chi connectivity index (χ1) is 10.3. The van der Waals surface area contributed by atoms with Crippen LogP contribution < -0.4 is 14.8 Å². The van der Waals surface area contributed by atoms with E-state index in [1.165, 1.54) is 18.4 Å². The van der Waals surface area contributed by atoms with Gasteiger partial charge in [-0.25, -0.2) is 0 Å². The van der Waals surface area contributed by atoms with Gasteiger partial charge in [0.25, 0.3) is 0 Å². The predicted molar refractivity (Wildman–Crippen MR) is 84.4 cm³/mol. The van der Waals surface area contributed by atoms with Gasteiger partial charge in [0, 0.05) is 25.6 Å². The molecule has 1 N–H and O–H groups in total. The topological polar surface area (TPSA) is 33.7 Å². The maximum Gasteiger partial charge on any atom is 0.179 e. The van der Waals surface area contributed by atoms with Gasteiger partial charge in [-0.1, -0.05) is 11.6 Å². The van der Waals surface area contributed by atoms with Gasteiger partial charge in [0.15, 0.2) is 11.5 Å². The van der Waals surface area contributed by atoms with Crippen LogP contribution in [0.2, 0.25) is 5.02 Å². The van der Waals surface area contributed by atoms with Crippen molar-refractivity contribution < 1.29 is 9.47 Å². The van der Waals surface area contributed by atoms with Crippen LogP contribution in [0.3, 0.4) is 0 Å². The minimum Gasteiger partial charge on any atom is -0.489 e. The number of nitrogens with one attached hydrogen (secondary N) is 1. The van der Waals surface area contributed by atoms with Crippen LogP contribution in [0.15, 0.2) is 12.1 Å². The first-order valence-corrected chi connectivity index (χ1v) is 8.12. The van der Waals surface area contributed by atoms with Crippen LogP contribution in [-0.2, 0) is 6.54 Å². The standard InChI is InChI=1S/C16H23ClN2O2/c1-18-10-13-4-2-5-19(13)11-12-8-14(17)16-15(9-12)20-6-3-7-21-16/h8-9,13,18H,2-7,10-11H2,1H3. The molecule has 0 aliphatic carbocycles. The third-order valence-electron chi connectivity index (χ3n) is 4.19. The van der Waals surface area contributed by atoms with Crippen molar-refractivity contribution in [2.45, 2.75) is 31.8 Å². The van der Waals surface area contributed by atoms with Crippen molar-refractivity contribution in [3.05, 3.63) is 22.7 Å². The Morgan fingerprint density at radius 3 is 3.00 bits per heavy atom. The van der Waals surface area contributed by atoms with E-state index in [4.69, 9.17) is 21.1 Å². The Bertz CT molecular complexity index is 495. The Hall–Kier alpha value is -0.970. The van der Waals surface area contributed by atoms with E-state index in [0.29, 0.717) is 30.0 Å². The summed E-state index contributed by atoms with van der Waals surface area (Å²) in [5.41, 5.74) is 1.20. The zero-order chi connectivity index (χ0) is 14.7. The SMILES string of the molecule is CNCC1CCCN1Cc1cc(Cl)c2c(c1)OCCCO2. The first kappa shape index (κ1) is 14.9. The molecule has 2 aliphatic heterocycles. The highest BCUT2D eigenvalue weighted by Gasteiger charge is 2.24. The quantitative estimate of drug-likeness (QED) is 0.927. The van der Waals surface area contributed by atoms with Gasteiger partial charge in [-0.15, -0.1) is 0 Å². The Morgan fingerprint density at radius 1 is 1.29 bits per heavy atom. The second-order valence-electron chi connectivity index (χ2n) is 5.78. The number of rotatable bonds is 4. The number of hydrogen-bond donors (Lipinski definition) is 1. The molecule has 1 unspecified atom stereocenters. The van der Waals surface area contributed by atoms with Crippen molar-refractivity contribution in [3.63, 3.8) is 0 Å². The number of ether oxygens (including phenoxy) is 2. The molecule has 116 valence electrons. The van der Waals surface area contributed by atoms with E-state index in [-0.39, 0.29) is 0 Å². The summed E-state index contributed by atoms with van der Waals surface area (Å²) in [5.74, 6) is 1.49. The number of hydrogen-bond acceptors (Lipinski definition) is 4.